The highest BCUT2D eigenvalue weighted by Gasteiger charge is 2.31. The molecule has 0 aromatic heterocycles. The summed E-state index contributed by atoms with van der Waals surface area (Å²) in [6.45, 7) is 7.84. The Morgan fingerprint density at radius 2 is 1.85 bits per heavy atom. The summed E-state index contributed by atoms with van der Waals surface area (Å²) in [5, 5.41) is 5.63. The number of piperazine rings is 1. The summed E-state index contributed by atoms with van der Waals surface area (Å²) in [6.07, 6.45) is -0.0427. The fraction of sp³-hybridized carbons (Fsp3) is 0.526. The van der Waals surface area contributed by atoms with Crippen LogP contribution in [0.1, 0.15) is 38.8 Å². The zero-order valence-electron chi connectivity index (χ0n) is 15.9. The summed E-state index contributed by atoms with van der Waals surface area (Å²) >= 11 is 0. The maximum atomic E-state index is 12.6. The molecule has 0 bridgehead atoms. The lowest BCUT2D eigenvalue weighted by Gasteiger charge is -2.37. The van der Waals surface area contributed by atoms with Gasteiger partial charge in [0.05, 0.1) is 6.04 Å². The van der Waals surface area contributed by atoms with E-state index in [4.69, 9.17) is 4.74 Å². The molecule has 0 saturated carbocycles. The van der Waals surface area contributed by atoms with Gasteiger partial charge in [-0.05, 0) is 38.5 Å². The van der Waals surface area contributed by atoms with Crippen LogP contribution in [0.4, 0.5) is 15.3 Å². The molecule has 0 radical (unpaired) electrons. The molecule has 27 heavy (non-hydrogen) atoms. The van der Waals surface area contributed by atoms with Crippen molar-refractivity contribution in [3.63, 3.8) is 0 Å². The zero-order chi connectivity index (χ0) is 19.6. The Morgan fingerprint density at radius 1 is 1.15 bits per heavy atom. The second-order valence-electron chi connectivity index (χ2n) is 7.74. The predicted molar refractivity (Wildman–Crippen MR) is 100 cm³/mol. The van der Waals surface area contributed by atoms with Crippen molar-refractivity contribution in [1.82, 2.24) is 15.5 Å². The van der Waals surface area contributed by atoms with Crippen molar-refractivity contribution >= 4 is 23.7 Å². The van der Waals surface area contributed by atoms with Gasteiger partial charge in [-0.15, -0.1) is 0 Å². The fourth-order valence-electron chi connectivity index (χ4n) is 3.23. The van der Waals surface area contributed by atoms with Crippen LogP contribution in [0.15, 0.2) is 24.3 Å². The molecule has 1 aromatic carbocycles. The molecule has 2 aliphatic heterocycles. The van der Waals surface area contributed by atoms with Crippen molar-refractivity contribution in [2.75, 3.05) is 31.1 Å². The first-order valence-electron chi connectivity index (χ1n) is 9.16. The number of nitrogens with one attached hydrogen (secondary N) is 2. The Bertz CT molecular complexity index is 726. The maximum absolute atomic E-state index is 12.6. The van der Waals surface area contributed by atoms with Crippen molar-refractivity contribution in [3.05, 3.63) is 29.8 Å². The Morgan fingerprint density at radius 3 is 2.48 bits per heavy atom. The van der Waals surface area contributed by atoms with Gasteiger partial charge in [-0.1, -0.05) is 12.1 Å². The highest BCUT2D eigenvalue weighted by Crippen LogP contribution is 2.27. The third-order valence-electron chi connectivity index (χ3n) is 4.51. The minimum Gasteiger partial charge on any atom is -0.444 e. The molecule has 1 unspecified atom stereocenters. The van der Waals surface area contributed by atoms with Gasteiger partial charge in [-0.2, -0.15) is 0 Å². The van der Waals surface area contributed by atoms with Gasteiger partial charge in [-0.3, -0.25) is 19.9 Å². The van der Waals surface area contributed by atoms with Crippen LogP contribution in [-0.4, -0.2) is 54.7 Å². The van der Waals surface area contributed by atoms with Gasteiger partial charge in [0.1, 0.15) is 5.60 Å². The molecule has 4 amide bonds. The molecule has 2 saturated heterocycles. The monoisotopic (exact) mass is 374 g/mol. The summed E-state index contributed by atoms with van der Waals surface area (Å²) in [6, 6.07) is 6.95. The number of carbonyl (C=O) groups excluding carboxylic acids is 3. The van der Waals surface area contributed by atoms with Crippen LogP contribution < -0.4 is 15.5 Å². The standard InChI is InChI=1S/C19H26N4O4/c1-19(2,3)27-18(26)23-11-9-20-12-15(23)13-4-6-14(7-5-13)22-10-8-16(24)21-17(22)25/h4-7,15,20H,8-12H2,1-3H3,(H,21,24,25). The fourth-order valence-corrected chi connectivity index (χ4v) is 3.23. The lowest BCUT2D eigenvalue weighted by atomic mass is 10.0. The van der Waals surface area contributed by atoms with Crippen molar-refractivity contribution in [1.29, 1.82) is 0 Å². The normalized spacial score (nSPS) is 21.1. The Balaban J connectivity index is 1.75. The number of hydrogen-bond donors (Lipinski definition) is 2. The molecule has 146 valence electrons. The van der Waals surface area contributed by atoms with Gasteiger partial charge in [0, 0.05) is 38.3 Å². The van der Waals surface area contributed by atoms with Crippen molar-refractivity contribution in [2.45, 2.75) is 38.8 Å². The van der Waals surface area contributed by atoms with E-state index in [0.717, 1.165) is 17.8 Å². The van der Waals surface area contributed by atoms with Gasteiger partial charge >= 0.3 is 12.1 Å². The van der Waals surface area contributed by atoms with E-state index >= 15 is 0 Å². The van der Waals surface area contributed by atoms with Crippen LogP contribution in [0.3, 0.4) is 0 Å². The Kier molecular flexibility index (Phi) is 5.36. The van der Waals surface area contributed by atoms with E-state index in [-0.39, 0.29) is 24.5 Å². The molecule has 2 N–H and O–H groups in total. The van der Waals surface area contributed by atoms with Gasteiger partial charge in [0.2, 0.25) is 5.91 Å². The molecule has 0 aliphatic carbocycles. The van der Waals surface area contributed by atoms with E-state index < -0.39 is 11.6 Å². The minimum atomic E-state index is -0.546. The molecule has 2 aliphatic rings. The molecule has 3 rings (SSSR count). The quantitative estimate of drug-likeness (QED) is 0.826. The number of rotatable bonds is 2. The smallest absolute Gasteiger partial charge is 0.410 e. The number of imide groups is 1. The Labute approximate surface area is 158 Å². The molecule has 1 atom stereocenters. The number of hydrogen-bond acceptors (Lipinski definition) is 5. The first kappa shape index (κ1) is 19.2. The molecular formula is C19H26N4O4. The lowest BCUT2D eigenvalue weighted by molar-refractivity contribution is -0.120. The molecule has 8 nitrogen and oxygen atoms in total. The first-order valence-corrected chi connectivity index (χ1v) is 9.16. The van der Waals surface area contributed by atoms with Crippen LogP contribution in [0.5, 0.6) is 0 Å². The zero-order valence-corrected chi connectivity index (χ0v) is 15.9. The number of urea groups is 1. The first-order chi connectivity index (χ1) is 12.7. The van der Waals surface area contributed by atoms with E-state index in [9.17, 15) is 14.4 Å². The number of anilines is 1. The number of carbonyl (C=O) groups is 3. The highest BCUT2D eigenvalue weighted by molar-refractivity contribution is 6.05. The molecule has 2 fully saturated rings. The summed E-state index contributed by atoms with van der Waals surface area (Å²) in [5.74, 6) is -0.255. The number of benzene rings is 1. The topological polar surface area (TPSA) is 91.0 Å². The summed E-state index contributed by atoms with van der Waals surface area (Å²) < 4.78 is 5.54. The molecule has 8 heteroatoms. The van der Waals surface area contributed by atoms with E-state index in [0.29, 0.717) is 19.6 Å². The van der Waals surface area contributed by atoms with Gasteiger partial charge in [0.15, 0.2) is 0 Å². The predicted octanol–water partition coefficient (Wildman–Crippen LogP) is 2.01. The average molecular weight is 374 g/mol. The van der Waals surface area contributed by atoms with Gasteiger partial charge in [0.25, 0.3) is 0 Å². The number of ether oxygens (including phenoxy) is 1. The van der Waals surface area contributed by atoms with Crippen LogP contribution in [0, 0.1) is 0 Å². The number of nitrogens with zero attached hydrogens (tertiary/aromatic N) is 2. The lowest BCUT2D eigenvalue weighted by Crippen LogP contribution is -2.50. The van der Waals surface area contributed by atoms with Crippen LogP contribution in [0.25, 0.3) is 0 Å². The third-order valence-corrected chi connectivity index (χ3v) is 4.51. The highest BCUT2D eigenvalue weighted by atomic mass is 16.6. The van der Waals surface area contributed by atoms with Crippen molar-refractivity contribution < 1.29 is 19.1 Å². The maximum Gasteiger partial charge on any atom is 0.410 e. The van der Waals surface area contributed by atoms with Crippen LogP contribution >= 0.6 is 0 Å². The average Bonchev–Trinajstić information content (AvgIpc) is 2.60. The largest absolute Gasteiger partial charge is 0.444 e. The summed E-state index contributed by atoms with van der Waals surface area (Å²) in [5.41, 5.74) is 1.14. The van der Waals surface area contributed by atoms with E-state index in [1.54, 1.807) is 4.90 Å². The second-order valence-corrected chi connectivity index (χ2v) is 7.74. The van der Waals surface area contributed by atoms with Crippen molar-refractivity contribution in [3.8, 4) is 0 Å². The number of amides is 4. The minimum absolute atomic E-state index is 0.139. The summed E-state index contributed by atoms with van der Waals surface area (Å²) in [4.78, 5) is 39.1. The van der Waals surface area contributed by atoms with Gasteiger partial charge in [-0.25, -0.2) is 9.59 Å². The second kappa shape index (κ2) is 7.56. The van der Waals surface area contributed by atoms with Crippen molar-refractivity contribution in [2.24, 2.45) is 0 Å². The SMILES string of the molecule is CC(C)(C)OC(=O)N1CCNCC1c1ccc(N2CCC(=O)NC2=O)cc1. The Hall–Kier alpha value is -2.61. The summed E-state index contributed by atoms with van der Waals surface area (Å²) in [7, 11) is 0. The third kappa shape index (κ3) is 4.57. The van der Waals surface area contributed by atoms with Crippen LogP contribution in [-0.2, 0) is 9.53 Å². The molecule has 2 heterocycles. The van der Waals surface area contributed by atoms with Gasteiger partial charge < -0.3 is 10.1 Å². The van der Waals surface area contributed by atoms with E-state index in [2.05, 4.69) is 10.6 Å². The molecular weight excluding hydrogens is 348 g/mol. The van der Waals surface area contributed by atoms with E-state index in [1.165, 1.54) is 4.90 Å². The molecule has 1 aromatic rings. The van der Waals surface area contributed by atoms with Crippen LogP contribution in [0.2, 0.25) is 0 Å². The molecule has 0 spiro atoms. The van der Waals surface area contributed by atoms with E-state index in [1.807, 2.05) is 45.0 Å².